The van der Waals surface area contributed by atoms with Gasteiger partial charge in [-0.05, 0) is 56.2 Å². The summed E-state index contributed by atoms with van der Waals surface area (Å²) in [6.07, 6.45) is 3.84. The summed E-state index contributed by atoms with van der Waals surface area (Å²) >= 11 is 0. The van der Waals surface area contributed by atoms with Crippen molar-refractivity contribution in [3.8, 4) is 11.5 Å². The van der Waals surface area contributed by atoms with E-state index >= 15 is 0 Å². The number of amides is 1. The van der Waals surface area contributed by atoms with Crippen LogP contribution in [0.3, 0.4) is 0 Å². The summed E-state index contributed by atoms with van der Waals surface area (Å²) in [5.74, 6) is -0.549. The number of ether oxygens (including phenoxy) is 3. The standard InChI is InChI=1S/C24H26N2O6/c1-15(2)30-11-3-10-26-21(16-6-8-25-9-7-16)20(23(28)24(26)29)22(27)17-4-5-18-19(14-17)32-13-12-31-18/h4-9,14-15,21,27H,3,10-13H2,1-2H3/b22-20-. The van der Waals surface area contributed by atoms with Crippen molar-refractivity contribution in [1.82, 2.24) is 9.88 Å². The number of nitrogens with zero attached hydrogens (tertiary/aromatic N) is 2. The zero-order chi connectivity index (χ0) is 22.7. The minimum atomic E-state index is -0.719. The fraction of sp³-hybridized carbons (Fsp3) is 0.375. The van der Waals surface area contributed by atoms with E-state index in [1.54, 1.807) is 42.7 Å². The van der Waals surface area contributed by atoms with Crippen LogP contribution in [0.1, 0.15) is 37.4 Å². The van der Waals surface area contributed by atoms with Crippen LogP contribution in [0, 0.1) is 0 Å². The van der Waals surface area contributed by atoms with Gasteiger partial charge in [-0.1, -0.05) is 0 Å². The number of pyridine rings is 1. The van der Waals surface area contributed by atoms with Gasteiger partial charge in [0.1, 0.15) is 19.0 Å². The number of ketones is 1. The molecular weight excluding hydrogens is 412 g/mol. The van der Waals surface area contributed by atoms with Gasteiger partial charge >= 0.3 is 0 Å². The van der Waals surface area contributed by atoms with Crippen molar-refractivity contribution < 1.29 is 28.9 Å². The van der Waals surface area contributed by atoms with E-state index in [1.807, 2.05) is 13.8 Å². The first-order valence-electron chi connectivity index (χ1n) is 10.7. The largest absolute Gasteiger partial charge is 0.507 e. The highest BCUT2D eigenvalue weighted by Crippen LogP contribution is 2.40. The van der Waals surface area contributed by atoms with Gasteiger partial charge in [0.05, 0.1) is 17.7 Å². The Morgan fingerprint density at radius 3 is 2.59 bits per heavy atom. The number of hydrogen-bond donors (Lipinski definition) is 1. The van der Waals surface area contributed by atoms with E-state index in [4.69, 9.17) is 14.2 Å². The number of aliphatic hydroxyl groups is 1. The first-order chi connectivity index (χ1) is 15.5. The first-order valence-corrected chi connectivity index (χ1v) is 10.7. The number of aliphatic hydroxyl groups excluding tert-OH is 1. The summed E-state index contributed by atoms with van der Waals surface area (Å²) in [5.41, 5.74) is 1.13. The van der Waals surface area contributed by atoms with Gasteiger partial charge in [0, 0.05) is 31.1 Å². The fourth-order valence-electron chi connectivity index (χ4n) is 3.90. The Bertz CT molecular complexity index is 1030. The molecule has 8 nitrogen and oxygen atoms in total. The van der Waals surface area contributed by atoms with Gasteiger partial charge in [-0.15, -0.1) is 0 Å². The maximum Gasteiger partial charge on any atom is 0.295 e. The number of aromatic nitrogens is 1. The van der Waals surface area contributed by atoms with E-state index in [-0.39, 0.29) is 17.4 Å². The molecule has 0 spiro atoms. The summed E-state index contributed by atoms with van der Waals surface area (Å²) in [6, 6.07) is 7.72. The molecular formula is C24H26N2O6. The Labute approximate surface area is 186 Å². The average Bonchev–Trinajstić information content (AvgIpc) is 3.06. The summed E-state index contributed by atoms with van der Waals surface area (Å²) < 4.78 is 16.7. The van der Waals surface area contributed by atoms with Crippen LogP contribution in [0.15, 0.2) is 48.3 Å². The number of fused-ring (bicyclic) bond motifs is 1. The molecule has 0 saturated carbocycles. The van der Waals surface area contributed by atoms with E-state index < -0.39 is 17.7 Å². The molecule has 2 aliphatic rings. The highest BCUT2D eigenvalue weighted by atomic mass is 16.6. The van der Waals surface area contributed by atoms with Crippen LogP contribution >= 0.6 is 0 Å². The monoisotopic (exact) mass is 438 g/mol. The van der Waals surface area contributed by atoms with Crippen molar-refractivity contribution >= 4 is 17.4 Å². The molecule has 1 amide bonds. The topological polar surface area (TPSA) is 98.2 Å². The third-order valence-corrected chi connectivity index (χ3v) is 5.37. The minimum absolute atomic E-state index is 0.0441. The van der Waals surface area contributed by atoms with Crippen LogP contribution in [-0.2, 0) is 14.3 Å². The van der Waals surface area contributed by atoms with Crippen LogP contribution in [0.5, 0.6) is 11.5 Å². The Hall–Kier alpha value is -3.39. The van der Waals surface area contributed by atoms with Gasteiger partial charge in [0.25, 0.3) is 11.7 Å². The zero-order valence-electron chi connectivity index (χ0n) is 18.1. The molecule has 0 bridgehead atoms. The maximum atomic E-state index is 13.0. The smallest absolute Gasteiger partial charge is 0.295 e. The van der Waals surface area contributed by atoms with Crippen molar-refractivity contribution in [1.29, 1.82) is 0 Å². The van der Waals surface area contributed by atoms with Crippen molar-refractivity contribution in [2.75, 3.05) is 26.4 Å². The Balaban J connectivity index is 1.72. The number of carbonyl (C=O) groups excluding carboxylic acids is 2. The van der Waals surface area contributed by atoms with Crippen molar-refractivity contribution in [2.24, 2.45) is 0 Å². The molecule has 2 aromatic rings. The number of likely N-dealkylation sites (tertiary alicyclic amines) is 1. The summed E-state index contributed by atoms with van der Waals surface area (Å²) in [4.78, 5) is 31.5. The molecule has 1 aromatic heterocycles. The molecule has 1 aromatic carbocycles. The lowest BCUT2D eigenvalue weighted by atomic mass is 9.95. The normalized spacial score (nSPS) is 19.6. The van der Waals surface area contributed by atoms with Gasteiger partial charge in [-0.2, -0.15) is 0 Å². The number of Topliss-reactive ketones (excluding diaryl/α,β-unsaturated/α-hetero) is 1. The maximum absolute atomic E-state index is 13.0. The fourth-order valence-corrected chi connectivity index (χ4v) is 3.90. The molecule has 1 atom stereocenters. The molecule has 2 aliphatic heterocycles. The Morgan fingerprint density at radius 1 is 1.16 bits per heavy atom. The first kappa shape index (κ1) is 21.8. The average molecular weight is 438 g/mol. The molecule has 0 aliphatic carbocycles. The molecule has 1 fully saturated rings. The zero-order valence-corrected chi connectivity index (χ0v) is 18.1. The van der Waals surface area contributed by atoms with Crippen LogP contribution < -0.4 is 9.47 Å². The van der Waals surface area contributed by atoms with E-state index in [9.17, 15) is 14.7 Å². The highest BCUT2D eigenvalue weighted by molar-refractivity contribution is 6.46. The van der Waals surface area contributed by atoms with Crippen LogP contribution in [-0.4, -0.2) is 59.2 Å². The highest BCUT2D eigenvalue weighted by Gasteiger charge is 2.45. The molecule has 1 unspecified atom stereocenters. The lowest BCUT2D eigenvalue weighted by Gasteiger charge is -2.25. The van der Waals surface area contributed by atoms with E-state index in [0.717, 1.165) is 0 Å². The lowest BCUT2D eigenvalue weighted by molar-refractivity contribution is -0.140. The lowest BCUT2D eigenvalue weighted by Crippen LogP contribution is -2.31. The van der Waals surface area contributed by atoms with E-state index in [2.05, 4.69) is 4.98 Å². The summed E-state index contributed by atoms with van der Waals surface area (Å²) in [5, 5.41) is 11.1. The number of hydrogen-bond acceptors (Lipinski definition) is 7. The molecule has 32 heavy (non-hydrogen) atoms. The second-order valence-corrected chi connectivity index (χ2v) is 7.90. The Kier molecular flexibility index (Phi) is 6.41. The van der Waals surface area contributed by atoms with Crippen LogP contribution in [0.2, 0.25) is 0 Å². The third kappa shape index (κ3) is 4.31. The molecule has 1 saturated heterocycles. The van der Waals surface area contributed by atoms with Gasteiger partial charge in [-0.3, -0.25) is 14.6 Å². The molecule has 1 N–H and O–H groups in total. The quantitative estimate of drug-likeness (QED) is 0.307. The van der Waals surface area contributed by atoms with Crippen LogP contribution in [0.4, 0.5) is 0 Å². The predicted molar refractivity (Wildman–Crippen MR) is 116 cm³/mol. The second kappa shape index (κ2) is 9.40. The van der Waals surface area contributed by atoms with E-state index in [1.165, 1.54) is 4.90 Å². The molecule has 3 heterocycles. The number of benzene rings is 1. The molecule has 8 heteroatoms. The number of carbonyl (C=O) groups is 2. The van der Waals surface area contributed by atoms with Gasteiger partial charge in [-0.25, -0.2) is 0 Å². The van der Waals surface area contributed by atoms with Crippen molar-refractivity contribution in [3.63, 3.8) is 0 Å². The van der Waals surface area contributed by atoms with Gasteiger partial charge in [0.2, 0.25) is 0 Å². The van der Waals surface area contributed by atoms with E-state index in [0.29, 0.717) is 55.4 Å². The van der Waals surface area contributed by atoms with Crippen molar-refractivity contribution in [2.45, 2.75) is 32.4 Å². The Morgan fingerprint density at radius 2 is 1.88 bits per heavy atom. The third-order valence-electron chi connectivity index (χ3n) is 5.37. The minimum Gasteiger partial charge on any atom is -0.507 e. The van der Waals surface area contributed by atoms with Gasteiger partial charge in [0.15, 0.2) is 11.5 Å². The second-order valence-electron chi connectivity index (χ2n) is 7.90. The van der Waals surface area contributed by atoms with Gasteiger partial charge < -0.3 is 24.2 Å². The predicted octanol–water partition coefficient (Wildman–Crippen LogP) is 3.09. The summed E-state index contributed by atoms with van der Waals surface area (Å²) in [7, 11) is 0. The van der Waals surface area contributed by atoms with Crippen molar-refractivity contribution in [3.05, 3.63) is 59.4 Å². The molecule has 0 radical (unpaired) electrons. The summed E-state index contributed by atoms with van der Waals surface area (Å²) in [6.45, 7) is 5.52. The van der Waals surface area contributed by atoms with Crippen LogP contribution in [0.25, 0.3) is 5.76 Å². The molecule has 4 rings (SSSR count). The SMILES string of the molecule is CC(C)OCCCN1C(=O)C(=O)/C(=C(\O)c2ccc3c(c2)OCCO3)C1c1ccncc1. The number of rotatable bonds is 7. The molecule has 168 valence electrons.